The van der Waals surface area contributed by atoms with Gasteiger partial charge in [0.05, 0.1) is 0 Å². The van der Waals surface area contributed by atoms with E-state index in [1.54, 1.807) is 14.2 Å². The lowest BCUT2D eigenvalue weighted by atomic mass is 10.4. The molecule has 0 spiro atoms. The highest BCUT2D eigenvalue weighted by Crippen LogP contribution is 2.02. The van der Waals surface area contributed by atoms with Crippen molar-refractivity contribution in [3.8, 4) is 0 Å². The summed E-state index contributed by atoms with van der Waals surface area (Å²) in [6.07, 6.45) is 1.98. The van der Waals surface area contributed by atoms with Crippen LogP contribution in [0.1, 0.15) is 6.92 Å². The predicted octanol–water partition coefficient (Wildman–Crippen LogP) is 0.946. The molecule has 0 aromatic heterocycles. The van der Waals surface area contributed by atoms with Gasteiger partial charge in [-0.3, -0.25) is 0 Å². The maximum atomic E-state index is 5.02. The van der Waals surface area contributed by atoms with Crippen molar-refractivity contribution in [2.75, 3.05) is 33.6 Å². The summed E-state index contributed by atoms with van der Waals surface area (Å²) in [7, 11) is 3.29. The van der Waals surface area contributed by atoms with Crippen LogP contribution in [0.5, 0.6) is 0 Å². The van der Waals surface area contributed by atoms with Crippen molar-refractivity contribution in [1.82, 2.24) is 5.32 Å². The molecule has 0 aromatic rings. The van der Waals surface area contributed by atoms with Crippen LogP contribution in [0, 0.1) is 0 Å². The molecule has 4 heteroatoms. The summed E-state index contributed by atoms with van der Waals surface area (Å²) < 4.78 is 10.0. The van der Waals surface area contributed by atoms with Gasteiger partial charge in [0.15, 0.2) is 6.29 Å². The molecule has 0 amide bonds. The first kappa shape index (κ1) is 12.2. The zero-order valence-corrected chi connectivity index (χ0v) is 9.11. The van der Waals surface area contributed by atoms with Crippen LogP contribution in [-0.2, 0) is 9.47 Å². The van der Waals surface area contributed by atoms with E-state index in [-0.39, 0.29) is 6.29 Å². The maximum Gasteiger partial charge on any atom is 0.169 e. The Morgan fingerprint density at radius 1 is 1.25 bits per heavy atom. The molecule has 0 bridgehead atoms. The van der Waals surface area contributed by atoms with Crippen LogP contribution < -0.4 is 5.32 Å². The van der Waals surface area contributed by atoms with Gasteiger partial charge >= 0.3 is 0 Å². The normalized spacial score (nSPS) is 13.8. The van der Waals surface area contributed by atoms with E-state index < -0.39 is 0 Å². The Labute approximate surface area is 79.2 Å². The van der Waals surface area contributed by atoms with Crippen molar-refractivity contribution < 1.29 is 9.47 Å². The van der Waals surface area contributed by atoms with Gasteiger partial charge in [0.2, 0.25) is 0 Å². The van der Waals surface area contributed by atoms with Crippen LogP contribution in [0.3, 0.4) is 0 Å². The standard InChI is InChI=1S/C8H19NO2S/c1-7(12-4)5-9-6-8(10-2)11-3/h7-9H,5-6H2,1-4H3. The van der Waals surface area contributed by atoms with E-state index in [0.29, 0.717) is 5.25 Å². The van der Waals surface area contributed by atoms with E-state index in [1.807, 2.05) is 11.8 Å². The molecule has 74 valence electrons. The summed E-state index contributed by atoms with van der Waals surface area (Å²) in [6.45, 7) is 3.93. The fraction of sp³-hybridized carbons (Fsp3) is 1.00. The molecule has 0 saturated heterocycles. The third-order valence-electron chi connectivity index (χ3n) is 1.67. The number of nitrogens with one attached hydrogen (secondary N) is 1. The summed E-state index contributed by atoms with van der Waals surface area (Å²) in [6, 6.07) is 0. The van der Waals surface area contributed by atoms with E-state index in [1.165, 1.54) is 0 Å². The van der Waals surface area contributed by atoms with Crippen LogP contribution in [0.15, 0.2) is 0 Å². The van der Waals surface area contributed by atoms with Gasteiger partial charge in [0, 0.05) is 32.6 Å². The third kappa shape index (κ3) is 5.83. The van der Waals surface area contributed by atoms with Crippen LogP contribution in [-0.4, -0.2) is 45.1 Å². The first-order valence-corrected chi connectivity index (χ1v) is 5.32. The van der Waals surface area contributed by atoms with Gasteiger partial charge in [-0.1, -0.05) is 6.92 Å². The van der Waals surface area contributed by atoms with E-state index in [2.05, 4.69) is 18.5 Å². The lowest BCUT2D eigenvalue weighted by Gasteiger charge is -2.15. The molecule has 0 aliphatic rings. The average molecular weight is 193 g/mol. The van der Waals surface area contributed by atoms with Gasteiger partial charge < -0.3 is 14.8 Å². The fourth-order valence-corrected chi connectivity index (χ4v) is 1.04. The average Bonchev–Trinajstić information content (AvgIpc) is 2.12. The monoisotopic (exact) mass is 193 g/mol. The van der Waals surface area contributed by atoms with Crippen molar-refractivity contribution in [2.24, 2.45) is 0 Å². The van der Waals surface area contributed by atoms with Crippen molar-refractivity contribution in [2.45, 2.75) is 18.5 Å². The molecule has 1 unspecified atom stereocenters. The van der Waals surface area contributed by atoms with Gasteiger partial charge in [0.25, 0.3) is 0 Å². The molecule has 0 aliphatic carbocycles. The molecule has 0 fully saturated rings. The molecule has 0 aliphatic heterocycles. The summed E-state index contributed by atoms with van der Waals surface area (Å²) in [4.78, 5) is 0. The van der Waals surface area contributed by atoms with Crippen LogP contribution in [0.25, 0.3) is 0 Å². The second-order valence-corrected chi connectivity index (χ2v) is 3.88. The first-order chi connectivity index (χ1) is 5.74. The summed E-state index contributed by atoms with van der Waals surface area (Å²) in [5.41, 5.74) is 0. The lowest BCUT2D eigenvalue weighted by Crippen LogP contribution is -2.33. The van der Waals surface area contributed by atoms with Crippen molar-refractivity contribution in [1.29, 1.82) is 0 Å². The predicted molar refractivity (Wildman–Crippen MR) is 53.7 cm³/mol. The van der Waals surface area contributed by atoms with Gasteiger partial charge in [-0.25, -0.2) is 0 Å². The number of hydrogen-bond donors (Lipinski definition) is 1. The zero-order valence-electron chi connectivity index (χ0n) is 8.29. The van der Waals surface area contributed by atoms with Crippen LogP contribution in [0.4, 0.5) is 0 Å². The van der Waals surface area contributed by atoms with Crippen LogP contribution in [0.2, 0.25) is 0 Å². The van der Waals surface area contributed by atoms with E-state index >= 15 is 0 Å². The van der Waals surface area contributed by atoms with Crippen molar-refractivity contribution in [3.05, 3.63) is 0 Å². The molecular formula is C8H19NO2S. The Morgan fingerprint density at radius 2 is 1.83 bits per heavy atom. The summed E-state index contributed by atoms with van der Waals surface area (Å²) >= 11 is 1.85. The lowest BCUT2D eigenvalue weighted by molar-refractivity contribution is -0.0985. The van der Waals surface area contributed by atoms with E-state index in [4.69, 9.17) is 9.47 Å². The molecule has 1 atom stereocenters. The van der Waals surface area contributed by atoms with Gasteiger partial charge in [-0.15, -0.1) is 0 Å². The number of rotatable bonds is 7. The van der Waals surface area contributed by atoms with Gasteiger partial charge in [-0.2, -0.15) is 11.8 Å². The SMILES string of the molecule is COC(CNCC(C)SC)OC. The minimum Gasteiger partial charge on any atom is -0.355 e. The van der Waals surface area contributed by atoms with Gasteiger partial charge in [-0.05, 0) is 6.26 Å². The number of thioether (sulfide) groups is 1. The Balaban J connectivity index is 3.28. The molecule has 12 heavy (non-hydrogen) atoms. The van der Waals surface area contributed by atoms with Crippen LogP contribution >= 0.6 is 11.8 Å². The minimum absolute atomic E-state index is 0.126. The number of hydrogen-bond acceptors (Lipinski definition) is 4. The molecule has 0 radical (unpaired) electrons. The molecule has 0 saturated carbocycles. The molecule has 0 aromatic carbocycles. The number of methoxy groups -OCH3 is 2. The molecule has 0 rings (SSSR count). The van der Waals surface area contributed by atoms with Crippen molar-refractivity contribution in [3.63, 3.8) is 0 Å². The smallest absolute Gasteiger partial charge is 0.169 e. The maximum absolute atomic E-state index is 5.02. The molecule has 1 N–H and O–H groups in total. The first-order valence-electron chi connectivity index (χ1n) is 4.03. The molecular weight excluding hydrogens is 174 g/mol. The number of ether oxygens (including phenoxy) is 2. The fourth-order valence-electron chi connectivity index (χ4n) is 0.751. The second kappa shape index (κ2) is 7.86. The second-order valence-electron chi connectivity index (χ2n) is 2.61. The van der Waals surface area contributed by atoms with Crippen molar-refractivity contribution >= 4 is 11.8 Å². The Hall–Kier alpha value is 0.230. The highest BCUT2D eigenvalue weighted by atomic mass is 32.2. The Bertz CT molecular complexity index is 99.1. The zero-order chi connectivity index (χ0) is 9.40. The largest absolute Gasteiger partial charge is 0.355 e. The van der Waals surface area contributed by atoms with Gasteiger partial charge in [0.1, 0.15) is 0 Å². The third-order valence-corrected chi connectivity index (χ3v) is 2.64. The molecule has 3 nitrogen and oxygen atoms in total. The Morgan fingerprint density at radius 3 is 2.25 bits per heavy atom. The van der Waals surface area contributed by atoms with E-state index in [9.17, 15) is 0 Å². The topological polar surface area (TPSA) is 30.5 Å². The summed E-state index contributed by atoms with van der Waals surface area (Å²) in [5.74, 6) is 0. The Kier molecular flexibility index (Phi) is 8.01. The highest BCUT2D eigenvalue weighted by Gasteiger charge is 2.04. The van der Waals surface area contributed by atoms with E-state index in [0.717, 1.165) is 13.1 Å². The highest BCUT2D eigenvalue weighted by molar-refractivity contribution is 7.99. The quantitative estimate of drug-likeness (QED) is 0.610. The minimum atomic E-state index is -0.126. The molecule has 0 heterocycles. The summed E-state index contributed by atoms with van der Waals surface area (Å²) in [5, 5.41) is 3.91.